The molecule has 2 N–H and O–H groups in total. The molecule has 0 aliphatic heterocycles. The Morgan fingerprint density at radius 1 is 1.05 bits per heavy atom. The van der Waals surface area contributed by atoms with Crippen LogP contribution >= 0.6 is 11.6 Å². The van der Waals surface area contributed by atoms with Crippen LogP contribution in [-0.4, -0.2) is 17.8 Å². The Morgan fingerprint density at radius 2 is 1.70 bits per heavy atom. The van der Waals surface area contributed by atoms with Crippen LogP contribution in [-0.2, 0) is 6.42 Å². The van der Waals surface area contributed by atoms with Crippen LogP contribution in [0.2, 0.25) is 5.02 Å². The van der Waals surface area contributed by atoms with E-state index >= 15 is 0 Å². The second kappa shape index (κ2) is 7.44. The SMILES string of the molecule is CC(N[C@H](CO)Cc1ccccc1)c1ccccc1Cl. The van der Waals surface area contributed by atoms with Gasteiger partial charge in [-0.05, 0) is 30.5 Å². The van der Waals surface area contributed by atoms with Crippen LogP contribution < -0.4 is 5.32 Å². The molecule has 2 atom stereocenters. The molecule has 106 valence electrons. The van der Waals surface area contributed by atoms with Crippen LogP contribution in [0.1, 0.15) is 24.1 Å². The van der Waals surface area contributed by atoms with E-state index in [2.05, 4.69) is 24.4 Å². The maximum Gasteiger partial charge on any atom is 0.0588 e. The third-order valence-corrected chi connectivity index (χ3v) is 3.75. The zero-order valence-electron chi connectivity index (χ0n) is 11.6. The maximum atomic E-state index is 9.56. The summed E-state index contributed by atoms with van der Waals surface area (Å²) in [4.78, 5) is 0. The summed E-state index contributed by atoms with van der Waals surface area (Å²) in [6, 6.07) is 18.1. The predicted octanol–water partition coefficient (Wildman–Crippen LogP) is 3.59. The third-order valence-electron chi connectivity index (χ3n) is 3.40. The molecule has 0 saturated heterocycles. The Hall–Kier alpha value is -1.35. The first-order chi connectivity index (χ1) is 9.70. The quantitative estimate of drug-likeness (QED) is 0.852. The second-order valence-electron chi connectivity index (χ2n) is 4.98. The molecule has 2 rings (SSSR count). The molecule has 0 aliphatic carbocycles. The van der Waals surface area contributed by atoms with Crippen LogP contribution in [0.5, 0.6) is 0 Å². The molecule has 3 heteroatoms. The number of aliphatic hydroxyl groups excluding tert-OH is 1. The molecule has 0 aromatic heterocycles. The van der Waals surface area contributed by atoms with E-state index in [1.54, 1.807) is 0 Å². The Balaban J connectivity index is 2.01. The summed E-state index contributed by atoms with van der Waals surface area (Å²) >= 11 is 6.20. The highest BCUT2D eigenvalue weighted by Crippen LogP contribution is 2.22. The lowest BCUT2D eigenvalue weighted by molar-refractivity contribution is 0.232. The smallest absolute Gasteiger partial charge is 0.0588 e. The van der Waals surface area contributed by atoms with Crippen LogP contribution in [0.3, 0.4) is 0 Å². The molecule has 0 amide bonds. The van der Waals surface area contributed by atoms with Gasteiger partial charge >= 0.3 is 0 Å². The van der Waals surface area contributed by atoms with E-state index in [0.29, 0.717) is 0 Å². The third kappa shape index (κ3) is 4.07. The van der Waals surface area contributed by atoms with Crippen LogP contribution in [0, 0.1) is 0 Å². The molecule has 2 aromatic carbocycles. The van der Waals surface area contributed by atoms with Crippen molar-refractivity contribution in [1.29, 1.82) is 0 Å². The normalized spacial score (nSPS) is 13.9. The van der Waals surface area contributed by atoms with Crippen LogP contribution in [0.25, 0.3) is 0 Å². The van der Waals surface area contributed by atoms with Crippen molar-refractivity contribution >= 4 is 11.6 Å². The lowest BCUT2D eigenvalue weighted by Crippen LogP contribution is -2.36. The van der Waals surface area contributed by atoms with Gasteiger partial charge in [-0.15, -0.1) is 0 Å². The van der Waals surface area contributed by atoms with Gasteiger partial charge in [0.2, 0.25) is 0 Å². The lowest BCUT2D eigenvalue weighted by Gasteiger charge is -2.23. The van der Waals surface area contributed by atoms with E-state index in [0.717, 1.165) is 17.0 Å². The summed E-state index contributed by atoms with van der Waals surface area (Å²) in [6.07, 6.45) is 0.798. The average molecular weight is 290 g/mol. The molecule has 1 unspecified atom stereocenters. The topological polar surface area (TPSA) is 32.3 Å². The van der Waals surface area contributed by atoms with Gasteiger partial charge in [-0.1, -0.05) is 60.1 Å². The van der Waals surface area contributed by atoms with Gasteiger partial charge < -0.3 is 10.4 Å². The first-order valence-corrected chi connectivity index (χ1v) is 7.23. The average Bonchev–Trinajstić information content (AvgIpc) is 2.48. The van der Waals surface area contributed by atoms with Crippen molar-refractivity contribution in [2.24, 2.45) is 0 Å². The zero-order chi connectivity index (χ0) is 14.4. The highest BCUT2D eigenvalue weighted by molar-refractivity contribution is 6.31. The number of hydrogen-bond acceptors (Lipinski definition) is 2. The van der Waals surface area contributed by atoms with Gasteiger partial charge in [0, 0.05) is 17.1 Å². The minimum atomic E-state index is 0.0173. The molecular weight excluding hydrogens is 270 g/mol. The summed E-state index contributed by atoms with van der Waals surface area (Å²) in [5.74, 6) is 0. The van der Waals surface area contributed by atoms with Gasteiger partial charge in [0.05, 0.1) is 6.61 Å². The predicted molar refractivity (Wildman–Crippen MR) is 84.0 cm³/mol. The van der Waals surface area contributed by atoms with Crippen LogP contribution in [0.15, 0.2) is 54.6 Å². The molecule has 0 saturated carbocycles. The number of benzene rings is 2. The van der Waals surface area contributed by atoms with Crippen molar-refractivity contribution < 1.29 is 5.11 Å². The van der Waals surface area contributed by atoms with E-state index < -0.39 is 0 Å². The minimum absolute atomic E-state index is 0.0173. The number of hydrogen-bond donors (Lipinski definition) is 2. The van der Waals surface area contributed by atoms with Gasteiger partial charge in [0.25, 0.3) is 0 Å². The Labute approximate surface area is 125 Å². The van der Waals surface area contributed by atoms with Crippen molar-refractivity contribution in [1.82, 2.24) is 5.32 Å². The molecule has 0 bridgehead atoms. The van der Waals surface area contributed by atoms with E-state index in [-0.39, 0.29) is 18.7 Å². The zero-order valence-corrected chi connectivity index (χ0v) is 12.3. The maximum absolute atomic E-state index is 9.56. The Bertz CT molecular complexity index is 530. The lowest BCUT2D eigenvalue weighted by atomic mass is 10.0. The van der Waals surface area contributed by atoms with E-state index in [1.807, 2.05) is 42.5 Å². The molecule has 0 spiro atoms. The van der Waals surface area contributed by atoms with E-state index in [1.165, 1.54) is 5.56 Å². The molecule has 2 nitrogen and oxygen atoms in total. The Morgan fingerprint density at radius 3 is 2.35 bits per heavy atom. The van der Waals surface area contributed by atoms with E-state index in [9.17, 15) is 5.11 Å². The number of nitrogens with one attached hydrogen (secondary N) is 1. The fourth-order valence-corrected chi connectivity index (χ4v) is 2.64. The fraction of sp³-hybridized carbons (Fsp3) is 0.294. The first kappa shape index (κ1) is 15.0. The van der Waals surface area contributed by atoms with Crippen molar-refractivity contribution in [2.75, 3.05) is 6.61 Å². The highest BCUT2D eigenvalue weighted by atomic mass is 35.5. The number of aliphatic hydroxyl groups is 1. The monoisotopic (exact) mass is 289 g/mol. The standard InChI is InChI=1S/C17H20ClNO/c1-13(16-9-5-6-10-17(16)18)19-15(12-20)11-14-7-3-2-4-8-14/h2-10,13,15,19-20H,11-12H2,1H3/t13?,15-/m0/s1. The van der Waals surface area contributed by atoms with Crippen LogP contribution in [0.4, 0.5) is 0 Å². The minimum Gasteiger partial charge on any atom is -0.395 e. The molecule has 2 aromatic rings. The fourth-order valence-electron chi connectivity index (χ4n) is 2.34. The van der Waals surface area contributed by atoms with Gasteiger partial charge in [0.1, 0.15) is 0 Å². The van der Waals surface area contributed by atoms with Gasteiger partial charge in [-0.2, -0.15) is 0 Å². The summed E-state index contributed by atoms with van der Waals surface area (Å²) in [6.45, 7) is 2.17. The summed E-state index contributed by atoms with van der Waals surface area (Å²) in [5, 5.41) is 13.7. The molecule has 0 heterocycles. The summed E-state index contributed by atoms with van der Waals surface area (Å²) < 4.78 is 0. The van der Waals surface area contributed by atoms with Crippen molar-refractivity contribution in [3.63, 3.8) is 0 Å². The highest BCUT2D eigenvalue weighted by Gasteiger charge is 2.15. The summed E-state index contributed by atoms with van der Waals surface area (Å²) in [5.41, 5.74) is 2.27. The molecule has 0 radical (unpaired) electrons. The van der Waals surface area contributed by atoms with Crippen molar-refractivity contribution in [2.45, 2.75) is 25.4 Å². The van der Waals surface area contributed by atoms with Crippen molar-refractivity contribution in [3.8, 4) is 0 Å². The molecule has 20 heavy (non-hydrogen) atoms. The van der Waals surface area contributed by atoms with Gasteiger partial charge in [0.15, 0.2) is 0 Å². The van der Waals surface area contributed by atoms with E-state index in [4.69, 9.17) is 11.6 Å². The van der Waals surface area contributed by atoms with Gasteiger partial charge in [-0.3, -0.25) is 0 Å². The van der Waals surface area contributed by atoms with Crippen molar-refractivity contribution in [3.05, 3.63) is 70.7 Å². The molecule has 0 aliphatic rings. The molecule has 0 fully saturated rings. The summed E-state index contributed by atoms with van der Waals surface area (Å²) in [7, 11) is 0. The molecular formula is C17H20ClNO. The number of halogens is 1. The largest absolute Gasteiger partial charge is 0.395 e. The number of rotatable bonds is 6. The second-order valence-corrected chi connectivity index (χ2v) is 5.39. The first-order valence-electron chi connectivity index (χ1n) is 6.86. The Kier molecular flexibility index (Phi) is 5.60. The van der Waals surface area contributed by atoms with Gasteiger partial charge in [-0.25, -0.2) is 0 Å².